The third-order valence-electron chi connectivity index (χ3n) is 6.48. The minimum atomic E-state index is -0.879. The number of anilines is 1. The van der Waals surface area contributed by atoms with Crippen LogP contribution in [0.4, 0.5) is 14.6 Å². The van der Waals surface area contributed by atoms with Crippen LogP contribution in [0.3, 0.4) is 0 Å². The van der Waals surface area contributed by atoms with Crippen LogP contribution in [0.15, 0.2) is 24.3 Å². The van der Waals surface area contributed by atoms with E-state index in [4.69, 9.17) is 0 Å². The molecule has 0 unspecified atom stereocenters. The highest BCUT2D eigenvalue weighted by Crippen LogP contribution is 2.45. The first-order chi connectivity index (χ1) is 14.3. The topological polar surface area (TPSA) is 69.6 Å². The number of hydrogen-bond acceptors (Lipinski definition) is 5. The SMILES string of the molecule is CN(C)C(=O)c1cc(O)c(-c2ccc(N(C)[C@@H]3C[C@H]4CC[C@H](C4)[C@@H]3F)nn2)cc1F. The molecule has 8 heteroatoms. The van der Waals surface area contributed by atoms with E-state index in [1.807, 2.05) is 11.9 Å². The van der Waals surface area contributed by atoms with Crippen molar-refractivity contribution in [3.8, 4) is 17.0 Å². The molecule has 1 aromatic carbocycles. The van der Waals surface area contributed by atoms with E-state index in [1.165, 1.54) is 19.0 Å². The van der Waals surface area contributed by atoms with Crippen molar-refractivity contribution in [2.75, 3.05) is 26.0 Å². The summed E-state index contributed by atoms with van der Waals surface area (Å²) < 4.78 is 29.3. The number of aromatic hydroxyl groups is 1. The fourth-order valence-electron chi connectivity index (χ4n) is 4.77. The summed E-state index contributed by atoms with van der Waals surface area (Å²) in [5, 5.41) is 18.6. The van der Waals surface area contributed by atoms with E-state index in [-0.39, 0.29) is 34.5 Å². The molecule has 2 aliphatic carbocycles. The fourth-order valence-corrected chi connectivity index (χ4v) is 4.77. The minimum absolute atomic E-state index is 0.131. The van der Waals surface area contributed by atoms with E-state index in [1.54, 1.807) is 12.1 Å². The molecule has 1 N–H and O–H groups in total. The average molecular weight is 416 g/mol. The molecular weight excluding hydrogens is 390 g/mol. The molecular formula is C22H26F2N4O2. The largest absolute Gasteiger partial charge is 0.507 e. The van der Waals surface area contributed by atoms with Gasteiger partial charge in [-0.15, -0.1) is 10.2 Å². The summed E-state index contributed by atoms with van der Waals surface area (Å²) in [7, 11) is 4.84. The van der Waals surface area contributed by atoms with Gasteiger partial charge in [0.1, 0.15) is 17.7 Å². The molecule has 2 bridgehead atoms. The number of fused-ring (bicyclic) bond motifs is 2. The fraction of sp³-hybridized carbons (Fsp3) is 0.500. The van der Waals surface area contributed by atoms with Crippen LogP contribution in [0.2, 0.25) is 0 Å². The summed E-state index contributed by atoms with van der Waals surface area (Å²) in [5.74, 6) is -0.310. The number of carbonyl (C=O) groups excluding carboxylic acids is 1. The van der Waals surface area contributed by atoms with Crippen LogP contribution < -0.4 is 4.90 Å². The van der Waals surface area contributed by atoms with Gasteiger partial charge in [-0.05, 0) is 61.8 Å². The standard InChI is InChI=1S/C22H26F2N4O2/c1-27(2)22(30)14-11-19(29)15(10-16(14)23)17-6-7-20(26-25-17)28(3)18-9-12-4-5-13(8-12)21(18)24/h6-7,10-13,18,21,29H,4-5,8-9H2,1-3H3/t12-,13+,18+,21-/m0/s1. The summed E-state index contributed by atoms with van der Waals surface area (Å²) >= 11 is 0. The monoisotopic (exact) mass is 416 g/mol. The summed E-state index contributed by atoms with van der Waals surface area (Å²) in [4.78, 5) is 15.1. The first-order valence-corrected chi connectivity index (χ1v) is 10.2. The van der Waals surface area contributed by atoms with Crippen molar-refractivity contribution >= 4 is 11.7 Å². The number of amides is 1. The zero-order valence-electron chi connectivity index (χ0n) is 17.3. The van der Waals surface area contributed by atoms with Gasteiger partial charge in [0.05, 0.1) is 17.3 Å². The lowest BCUT2D eigenvalue weighted by molar-refractivity contribution is 0.0822. The van der Waals surface area contributed by atoms with Crippen LogP contribution in [0.25, 0.3) is 11.3 Å². The van der Waals surface area contributed by atoms with Crippen molar-refractivity contribution in [1.82, 2.24) is 15.1 Å². The second-order valence-electron chi connectivity index (χ2n) is 8.62. The van der Waals surface area contributed by atoms with Gasteiger partial charge >= 0.3 is 0 Å². The predicted octanol–water partition coefficient (Wildman–Crippen LogP) is 3.65. The number of alkyl halides is 1. The summed E-state index contributed by atoms with van der Waals surface area (Å²) in [6.45, 7) is 0. The summed E-state index contributed by atoms with van der Waals surface area (Å²) in [6, 6.07) is 5.27. The van der Waals surface area contributed by atoms with Crippen LogP contribution in [0.5, 0.6) is 5.75 Å². The molecule has 4 rings (SSSR count). The molecule has 4 atom stereocenters. The molecule has 160 valence electrons. The number of rotatable bonds is 4. The Morgan fingerprint density at radius 3 is 2.57 bits per heavy atom. The van der Waals surface area contributed by atoms with E-state index in [0.29, 0.717) is 11.7 Å². The van der Waals surface area contributed by atoms with Gasteiger partial charge in [0.15, 0.2) is 5.82 Å². The normalized spacial score (nSPS) is 25.2. The Labute approximate surface area is 174 Å². The number of phenols is 1. The van der Waals surface area contributed by atoms with Gasteiger partial charge < -0.3 is 14.9 Å². The quantitative estimate of drug-likeness (QED) is 0.824. The lowest BCUT2D eigenvalue weighted by atomic mass is 9.83. The van der Waals surface area contributed by atoms with Crippen LogP contribution >= 0.6 is 0 Å². The molecule has 1 aromatic heterocycles. The van der Waals surface area contributed by atoms with Gasteiger partial charge in [-0.2, -0.15) is 0 Å². The van der Waals surface area contributed by atoms with E-state index in [2.05, 4.69) is 10.2 Å². The molecule has 30 heavy (non-hydrogen) atoms. The number of hydrogen-bond donors (Lipinski definition) is 1. The van der Waals surface area contributed by atoms with Gasteiger partial charge in [-0.3, -0.25) is 4.79 Å². The molecule has 2 saturated carbocycles. The zero-order chi connectivity index (χ0) is 21.6. The van der Waals surface area contributed by atoms with Crippen LogP contribution in [0, 0.1) is 17.7 Å². The van der Waals surface area contributed by atoms with Gasteiger partial charge in [-0.25, -0.2) is 8.78 Å². The first-order valence-electron chi connectivity index (χ1n) is 10.2. The molecule has 2 fully saturated rings. The first kappa shape index (κ1) is 20.5. The molecule has 2 aromatic rings. The third kappa shape index (κ3) is 3.59. The van der Waals surface area contributed by atoms with Gasteiger partial charge in [0.2, 0.25) is 0 Å². The second kappa shape index (κ2) is 7.81. The molecule has 0 saturated heterocycles. The average Bonchev–Trinajstić information content (AvgIpc) is 3.14. The third-order valence-corrected chi connectivity index (χ3v) is 6.48. The number of aromatic nitrogens is 2. The van der Waals surface area contributed by atoms with Crippen molar-refractivity contribution in [3.05, 3.63) is 35.6 Å². The highest BCUT2D eigenvalue weighted by Gasteiger charge is 2.44. The molecule has 2 aliphatic rings. The van der Waals surface area contributed by atoms with Crippen molar-refractivity contribution in [3.63, 3.8) is 0 Å². The van der Waals surface area contributed by atoms with Gasteiger partial charge in [0.25, 0.3) is 5.91 Å². The Morgan fingerprint density at radius 2 is 1.90 bits per heavy atom. The summed E-state index contributed by atoms with van der Waals surface area (Å²) in [6.07, 6.45) is 2.96. The lowest BCUT2D eigenvalue weighted by Gasteiger charge is -2.38. The smallest absolute Gasteiger partial charge is 0.256 e. The molecule has 0 spiro atoms. The van der Waals surface area contributed by atoms with E-state index >= 15 is 0 Å². The Kier molecular flexibility index (Phi) is 5.34. The number of benzene rings is 1. The predicted molar refractivity (Wildman–Crippen MR) is 110 cm³/mol. The Hall–Kier alpha value is -2.77. The Bertz CT molecular complexity index is 951. The number of phenolic OH excluding ortho intramolecular Hbond substituents is 1. The Balaban J connectivity index is 1.56. The van der Waals surface area contributed by atoms with E-state index in [0.717, 1.165) is 37.8 Å². The maximum Gasteiger partial charge on any atom is 0.256 e. The van der Waals surface area contributed by atoms with Crippen molar-refractivity contribution in [1.29, 1.82) is 0 Å². The molecule has 1 heterocycles. The zero-order valence-corrected chi connectivity index (χ0v) is 17.3. The molecule has 6 nitrogen and oxygen atoms in total. The molecule has 0 radical (unpaired) electrons. The maximum absolute atomic E-state index is 14.9. The highest BCUT2D eigenvalue weighted by molar-refractivity contribution is 5.95. The van der Waals surface area contributed by atoms with Crippen molar-refractivity contribution < 1.29 is 18.7 Å². The molecule has 1 amide bonds. The van der Waals surface area contributed by atoms with Gasteiger partial charge in [0, 0.05) is 26.7 Å². The van der Waals surface area contributed by atoms with Crippen LogP contribution in [0.1, 0.15) is 36.0 Å². The minimum Gasteiger partial charge on any atom is -0.507 e. The van der Waals surface area contributed by atoms with Crippen LogP contribution in [-0.2, 0) is 0 Å². The number of nitrogens with zero attached hydrogens (tertiary/aromatic N) is 4. The van der Waals surface area contributed by atoms with Crippen molar-refractivity contribution in [2.45, 2.75) is 37.9 Å². The van der Waals surface area contributed by atoms with Crippen molar-refractivity contribution in [2.24, 2.45) is 11.8 Å². The lowest BCUT2D eigenvalue weighted by Crippen LogP contribution is -2.46. The number of carbonyl (C=O) groups is 1. The van der Waals surface area contributed by atoms with Crippen LogP contribution in [-0.4, -0.2) is 59.5 Å². The Morgan fingerprint density at radius 1 is 1.13 bits per heavy atom. The molecule has 0 aliphatic heterocycles. The maximum atomic E-state index is 14.9. The van der Waals surface area contributed by atoms with Gasteiger partial charge in [-0.1, -0.05) is 0 Å². The van der Waals surface area contributed by atoms with E-state index < -0.39 is 17.9 Å². The highest BCUT2D eigenvalue weighted by atomic mass is 19.1. The number of halogens is 2. The van der Waals surface area contributed by atoms with E-state index in [9.17, 15) is 18.7 Å². The summed E-state index contributed by atoms with van der Waals surface area (Å²) in [5.41, 5.74) is 0.197. The second-order valence-corrected chi connectivity index (χ2v) is 8.62.